The zero-order valence-electron chi connectivity index (χ0n) is 11.9. The van der Waals surface area contributed by atoms with Gasteiger partial charge < -0.3 is 9.31 Å². The van der Waals surface area contributed by atoms with Crippen LogP contribution in [0.1, 0.15) is 45.0 Å². The number of rotatable bonds is 2. The second kappa shape index (κ2) is 4.62. The summed E-state index contributed by atoms with van der Waals surface area (Å²) in [4.78, 5) is 11.3. The van der Waals surface area contributed by atoms with Gasteiger partial charge in [0.1, 0.15) is 0 Å². The molecule has 0 bridgehead atoms. The first-order chi connectivity index (χ1) is 8.64. The molecule has 0 amide bonds. The Bertz CT molecular complexity index is 509. The zero-order valence-corrected chi connectivity index (χ0v) is 12.7. The summed E-state index contributed by atoms with van der Waals surface area (Å²) in [7, 11) is -0.501. The topological polar surface area (TPSA) is 35.5 Å². The van der Waals surface area contributed by atoms with E-state index in [1.54, 1.807) is 18.2 Å². The summed E-state index contributed by atoms with van der Waals surface area (Å²) in [6.45, 7) is 9.48. The summed E-state index contributed by atoms with van der Waals surface area (Å²) in [5.74, 6) is -0.0117. The first-order valence-corrected chi connectivity index (χ1v) is 6.68. The Morgan fingerprint density at radius 2 is 1.68 bits per heavy atom. The first-order valence-electron chi connectivity index (χ1n) is 6.30. The standard InChI is InChI=1S/C14H18BClO3/c1-9(17)10-6-7-11(12(16)8-10)15-18-13(2,3)14(4,5)19-15/h6-8H,1-5H3. The van der Waals surface area contributed by atoms with Crippen LogP contribution in [-0.2, 0) is 9.31 Å². The Morgan fingerprint density at radius 3 is 2.11 bits per heavy atom. The lowest BCUT2D eigenvalue weighted by atomic mass is 9.78. The van der Waals surface area contributed by atoms with E-state index in [2.05, 4.69) is 0 Å². The van der Waals surface area contributed by atoms with E-state index >= 15 is 0 Å². The van der Waals surface area contributed by atoms with E-state index in [-0.39, 0.29) is 5.78 Å². The highest BCUT2D eigenvalue weighted by Gasteiger charge is 2.52. The van der Waals surface area contributed by atoms with E-state index in [0.29, 0.717) is 10.6 Å². The number of carbonyl (C=O) groups is 1. The van der Waals surface area contributed by atoms with E-state index in [0.717, 1.165) is 5.46 Å². The van der Waals surface area contributed by atoms with Gasteiger partial charge in [-0.15, -0.1) is 0 Å². The summed E-state index contributed by atoms with van der Waals surface area (Å²) in [6.07, 6.45) is 0. The van der Waals surface area contributed by atoms with Crippen LogP contribution in [-0.4, -0.2) is 24.1 Å². The van der Waals surface area contributed by atoms with Crippen molar-refractivity contribution in [1.82, 2.24) is 0 Å². The van der Waals surface area contributed by atoms with Crippen molar-refractivity contribution in [3.63, 3.8) is 0 Å². The van der Waals surface area contributed by atoms with Crippen molar-refractivity contribution >= 4 is 30.0 Å². The first kappa shape index (κ1) is 14.6. The molecular weight excluding hydrogens is 262 g/mol. The molecule has 3 nitrogen and oxygen atoms in total. The lowest BCUT2D eigenvalue weighted by Gasteiger charge is -2.32. The number of hydrogen-bond donors (Lipinski definition) is 0. The summed E-state index contributed by atoms with van der Waals surface area (Å²) in [6, 6.07) is 5.19. The fraction of sp³-hybridized carbons (Fsp3) is 0.500. The maximum atomic E-state index is 11.3. The van der Waals surface area contributed by atoms with Crippen molar-refractivity contribution in [1.29, 1.82) is 0 Å². The van der Waals surface area contributed by atoms with Crippen LogP contribution < -0.4 is 5.46 Å². The molecule has 1 aliphatic rings. The summed E-state index contributed by atoms with van der Waals surface area (Å²) in [5.41, 5.74) is 0.538. The Hall–Kier alpha value is -0.835. The Kier molecular flexibility index (Phi) is 3.54. The van der Waals surface area contributed by atoms with E-state index in [1.165, 1.54) is 6.92 Å². The molecule has 0 atom stereocenters. The van der Waals surface area contributed by atoms with Crippen LogP contribution in [0.5, 0.6) is 0 Å². The van der Waals surface area contributed by atoms with Gasteiger partial charge in [0.25, 0.3) is 0 Å². The van der Waals surface area contributed by atoms with Gasteiger partial charge in [0.2, 0.25) is 0 Å². The third-order valence-corrected chi connectivity index (χ3v) is 4.24. The minimum absolute atomic E-state index is 0.0117. The highest BCUT2D eigenvalue weighted by molar-refractivity contribution is 6.65. The quantitative estimate of drug-likeness (QED) is 0.617. The third-order valence-electron chi connectivity index (χ3n) is 3.91. The normalized spacial score (nSPS) is 20.6. The van der Waals surface area contributed by atoms with E-state index < -0.39 is 18.3 Å². The molecule has 0 aliphatic carbocycles. The van der Waals surface area contributed by atoms with Gasteiger partial charge in [0.15, 0.2) is 5.78 Å². The molecule has 0 spiro atoms. The molecule has 1 aromatic rings. The molecule has 0 N–H and O–H groups in total. The summed E-state index contributed by atoms with van der Waals surface area (Å²) < 4.78 is 11.9. The number of Topliss-reactive ketones (excluding diaryl/α,β-unsaturated/α-hetero) is 1. The lowest BCUT2D eigenvalue weighted by molar-refractivity contribution is 0.00578. The monoisotopic (exact) mass is 280 g/mol. The number of hydrogen-bond acceptors (Lipinski definition) is 3. The van der Waals surface area contributed by atoms with Crippen LogP contribution in [0.25, 0.3) is 0 Å². The van der Waals surface area contributed by atoms with Gasteiger partial charge in [-0.1, -0.05) is 23.7 Å². The van der Waals surface area contributed by atoms with Gasteiger partial charge in [0.05, 0.1) is 11.2 Å². The minimum Gasteiger partial charge on any atom is -0.399 e. The Morgan fingerprint density at radius 1 is 1.16 bits per heavy atom. The molecule has 19 heavy (non-hydrogen) atoms. The Balaban J connectivity index is 2.33. The zero-order chi connectivity index (χ0) is 14.4. The van der Waals surface area contributed by atoms with Crippen LogP contribution >= 0.6 is 11.6 Å². The van der Waals surface area contributed by atoms with E-state index in [4.69, 9.17) is 20.9 Å². The van der Waals surface area contributed by atoms with Crippen molar-refractivity contribution in [3.8, 4) is 0 Å². The highest BCUT2D eigenvalue weighted by atomic mass is 35.5. The van der Waals surface area contributed by atoms with Crippen LogP contribution in [0.4, 0.5) is 0 Å². The predicted octanol–water partition coefficient (Wildman–Crippen LogP) is 2.84. The maximum absolute atomic E-state index is 11.3. The van der Waals surface area contributed by atoms with Crippen molar-refractivity contribution in [3.05, 3.63) is 28.8 Å². The van der Waals surface area contributed by atoms with Gasteiger partial charge in [-0.05, 0) is 40.7 Å². The minimum atomic E-state index is -0.501. The molecular formula is C14H18BClO3. The third kappa shape index (κ3) is 2.57. The fourth-order valence-electron chi connectivity index (χ4n) is 1.91. The molecule has 0 radical (unpaired) electrons. The fourth-order valence-corrected chi connectivity index (χ4v) is 2.18. The largest absolute Gasteiger partial charge is 0.496 e. The lowest BCUT2D eigenvalue weighted by Crippen LogP contribution is -2.41. The second-order valence-corrected chi connectivity index (χ2v) is 6.29. The average Bonchev–Trinajstić information content (AvgIpc) is 2.47. The number of carbonyl (C=O) groups excluding carboxylic acids is 1. The molecule has 0 saturated carbocycles. The van der Waals surface area contributed by atoms with Gasteiger partial charge >= 0.3 is 7.12 Å². The molecule has 1 saturated heterocycles. The van der Waals surface area contributed by atoms with Crippen molar-refractivity contribution in [2.45, 2.75) is 45.8 Å². The number of benzene rings is 1. The molecule has 1 aromatic carbocycles. The summed E-state index contributed by atoms with van der Waals surface area (Å²) in [5, 5.41) is 0.492. The van der Waals surface area contributed by atoms with Gasteiger partial charge in [-0.2, -0.15) is 0 Å². The van der Waals surface area contributed by atoms with Crippen LogP contribution in [0, 0.1) is 0 Å². The van der Waals surface area contributed by atoms with Crippen molar-refractivity contribution < 1.29 is 14.1 Å². The Labute approximate surface area is 119 Å². The molecule has 1 aliphatic heterocycles. The molecule has 102 valence electrons. The van der Waals surface area contributed by atoms with Gasteiger partial charge in [-0.25, -0.2) is 0 Å². The van der Waals surface area contributed by atoms with E-state index in [9.17, 15) is 4.79 Å². The average molecular weight is 281 g/mol. The summed E-state index contributed by atoms with van der Waals surface area (Å²) >= 11 is 6.23. The second-order valence-electron chi connectivity index (χ2n) is 5.88. The molecule has 0 unspecified atom stereocenters. The van der Waals surface area contributed by atoms with Crippen LogP contribution in [0.2, 0.25) is 5.02 Å². The molecule has 1 fully saturated rings. The predicted molar refractivity (Wildman–Crippen MR) is 77.2 cm³/mol. The van der Waals surface area contributed by atoms with Crippen molar-refractivity contribution in [2.75, 3.05) is 0 Å². The number of ketones is 1. The van der Waals surface area contributed by atoms with Gasteiger partial charge in [-0.3, -0.25) is 4.79 Å². The molecule has 1 heterocycles. The van der Waals surface area contributed by atoms with Crippen LogP contribution in [0.15, 0.2) is 18.2 Å². The van der Waals surface area contributed by atoms with Crippen molar-refractivity contribution in [2.24, 2.45) is 0 Å². The SMILES string of the molecule is CC(=O)c1ccc(B2OC(C)(C)C(C)(C)O2)c(Cl)c1. The number of halogens is 1. The highest BCUT2D eigenvalue weighted by Crippen LogP contribution is 2.37. The molecule has 5 heteroatoms. The molecule has 0 aromatic heterocycles. The van der Waals surface area contributed by atoms with Gasteiger partial charge in [0, 0.05) is 16.0 Å². The smallest absolute Gasteiger partial charge is 0.399 e. The molecule has 2 rings (SSSR count). The maximum Gasteiger partial charge on any atom is 0.496 e. The van der Waals surface area contributed by atoms with E-state index in [1.807, 2.05) is 27.7 Å². The van der Waals surface area contributed by atoms with Crippen LogP contribution in [0.3, 0.4) is 0 Å².